The topological polar surface area (TPSA) is 58.1 Å². The molecule has 3 rings (SSSR count). The lowest BCUT2D eigenvalue weighted by atomic mass is 10.1. The van der Waals surface area contributed by atoms with Gasteiger partial charge in [0.2, 0.25) is 0 Å². The number of aliphatic imine (C=N–C) groups is 1. The summed E-state index contributed by atoms with van der Waals surface area (Å²) in [6, 6.07) is 14.8. The van der Waals surface area contributed by atoms with Crippen molar-refractivity contribution in [3.63, 3.8) is 0 Å². The van der Waals surface area contributed by atoms with E-state index in [1.165, 1.54) is 16.8 Å². The van der Waals surface area contributed by atoms with E-state index in [0.717, 1.165) is 36.8 Å². The van der Waals surface area contributed by atoms with Crippen LogP contribution in [0.2, 0.25) is 0 Å². The number of anilines is 1. The SMILES string of the molecule is CCNC(=NCc1cccc(N(C)C)c1)NCc1ccc(C)cc1OC1CCOC1. The van der Waals surface area contributed by atoms with Gasteiger partial charge in [0.15, 0.2) is 5.96 Å². The number of aryl methyl sites for hydroxylation is 1. The lowest BCUT2D eigenvalue weighted by molar-refractivity contribution is 0.140. The van der Waals surface area contributed by atoms with Crippen molar-refractivity contribution >= 4 is 11.6 Å². The summed E-state index contributed by atoms with van der Waals surface area (Å²) in [7, 11) is 4.10. The van der Waals surface area contributed by atoms with Crippen LogP contribution in [0.5, 0.6) is 5.75 Å². The average molecular weight is 411 g/mol. The van der Waals surface area contributed by atoms with Gasteiger partial charge in [0.05, 0.1) is 19.8 Å². The van der Waals surface area contributed by atoms with E-state index in [0.29, 0.717) is 19.7 Å². The molecule has 0 amide bonds. The molecular weight excluding hydrogens is 376 g/mol. The Morgan fingerprint density at radius 2 is 2.07 bits per heavy atom. The fraction of sp³-hybridized carbons (Fsp3) is 0.458. The van der Waals surface area contributed by atoms with Crippen molar-refractivity contribution in [1.82, 2.24) is 10.6 Å². The van der Waals surface area contributed by atoms with Crippen molar-refractivity contribution < 1.29 is 9.47 Å². The zero-order valence-corrected chi connectivity index (χ0v) is 18.6. The lowest BCUT2D eigenvalue weighted by Gasteiger charge is -2.18. The van der Waals surface area contributed by atoms with Crippen LogP contribution in [0.25, 0.3) is 0 Å². The molecule has 2 aromatic rings. The van der Waals surface area contributed by atoms with E-state index in [1.807, 2.05) is 14.1 Å². The van der Waals surface area contributed by atoms with Gasteiger partial charge in [-0.05, 0) is 43.2 Å². The highest BCUT2D eigenvalue weighted by atomic mass is 16.5. The molecule has 1 saturated heterocycles. The molecule has 1 aliphatic heterocycles. The number of hydrogen-bond donors (Lipinski definition) is 2. The molecule has 0 bridgehead atoms. The quantitative estimate of drug-likeness (QED) is 0.515. The maximum atomic E-state index is 6.21. The van der Waals surface area contributed by atoms with E-state index in [-0.39, 0.29) is 6.10 Å². The van der Waals surface area contributed by atoms with Crippen molar-refractivity contribution in [2.75, 3.05) is 38.8 Å². The molecule has 0 saturated carbocycles. The molecule has 0 aliphatic carbocycles. The van der Waals surface area contributed by atoms with Crippen molar-refractivity contribution in [1.29, 1.82) is 0 Å². The number of nitrogens with zero attached hydrogens (tertiary/aromatic N) is 2. The number of hydrogen-bond acceptors (Lipinski definition) is 4. The van der Waals surface area contributed by atoms with Gasteiger partial charge < -0.3 is 25.0 Å². The normalized spacial score (nSPS) is 16.4. The van der Waals surface area contributed by atoms with Crippen LogP contribution < -0.4 is 20.3 Å². The van der Waals surface area contributed by atoms with E-state index in [9.17, 15) is 0 Å². The van der Waals surface area contributed by atoms with Crippen molar-refractivity contribution in [2.45, 2.75) is 39.5 Å². The van der Waals surface area contributed by atoms with Gasteiger partial charge >= 0.3 is 0 Å². The van der Waals surface area contributed by atoms with E-state index in [1.54, 1.807) is 0 Å². The fourth-order valence-electron chi connectivity index (χ4n) is 3.33. The highest BCUT2D eigenvalue weighted by Gasteiger charge is 2.18. The van der Waals surface area contributed by atoms with Gasteiger partial charge in [-0.1, -0.05) is 24.3 Å². The number of benzene rings is 2. The first-order valence-electron chi connectivity index (χ1n) is 10.7. The van der Waals surface area contributed by atoms with Gasteiger partial charge in [-0.3, -0.25) is 0 Å². The second kappa shape index (κ2) is 10.9. The molecule has 2 N–H and O–H groups in total. The van der Waals surface area contributed by atoms with Crippen LogP contribution in [0, 0.1) is 6.92 Å². The van der Waals surface area contributed by atoms with Crippen molar-refractivity contribution in [3.8, 4) is 5.75 Å². The molecule has 6 heteroatoms. The molecule has 1 atom stereocenters. The molecule has 30 heavy (non-hydrogen) atoms. The molecule has 1 unspecified atom stereocenters. The standard InChI is InChI=1S/C24H34N4O2/c1-5-25-24(26-15-19-7-6-8-21(14-19)28(3)4)27-16-20-10-9-18(2)13-23(20)30-22-11-12-29-17-22/h6-10,13-14,22H,5,11-12,15-17H2,1-4H3,(H2,25,26,27). The second-order valence-electron chi connectivity index (χ2n) is 7.83. The smallest absolute Gasteiger partial charge is 0.191 e. The Hall–Kier alpha value is -2.73. The predicted molar refractivity (Wildman–Crippen MR) is 123 cm³/mol. The Morgan fingerprint density at radius 3 is 2.80 bits per heavy atom. The minimum Gasteiger partial charge on any atom is -0.488 e. The van der Waals surface area contributed by atoms with Gasteiger partial charge in [0.25, 0.3) is 0 Å². The Bertz CT molecular complexity index is 845. The third-order valence-corrected chi connectivity index (χ3v) is 5.04. The second-order valence-corrected chi connectivity index (χ2v) is 7.83. The summed E-state index contributed by atoms with van der Waals surface area (Å²) in [5.41, 5.74) is 4.67. The summed E-state index contributed by atoms with van der Waals surface area (Å²) in [5, 5.41) is 6.78. The summed E-state index contributed by atoms with van der Waals surface area (Å²) in [5.74, 6) is 1.72. The maximum Gasteiger partial charge on any atom is 0.191 e. The Balaban J connectivity index is 1.67. The first-order valence-corrected chi connectivity index (χ1v) is 10.7. The highest BCUT2D eigenvalue weighted by molar-refractivity contribution is 5.79. The zero-order valence-electron chi connectivity index (χ0n) is 18.6. The van der Waals surface area contributed by atoms with Gasteiger partial charge in [0, 0.05) is 44.9 Å². The molecule has 162 valence electrons. The highest BCUT2D eigenvalue weighted by Crippen LogP contribution is 2.24. The minimum atomic E-state index is 0.136. The van der Waals surface area contributed by atoms with Gasteiger partial charge in [0.1, 0.15) is 11.9 Å². The summed E-state index contributed by atoms with van der Waals surface area (Å²) in [6.45, 7) is 7.67. The monoisotopic (exact) mass is 410 g/mol. The molecule has 0 spiro atoms. The molecule has 1 heterocycles. The molecule has 0 aromatic heterocycles. The van der Waals surface area contributed by atoms with Gasteiger partial charge in [-0.25, -0.2) is 4.99 Å². The van der Waals surface area contributed by atoms with Crippen LogP contribution >= 0.6 is 0 Å². The van der Waals surface area contributed by atoms with Crippen LogP contribution in [-0.4, -0.2) is 45.9 Å². The number of rotatable bonds is 8. The van der Waals surface area contributed by atoms with Gasteiger partial charge in [-0.15, -0.1) is 0 Å². The molecule has 0 radical (unpaired) electrons. The minimum absolute atomic E-state index is 0.136. The third kappa shape index (κ3) is 6.39. The number of guanidine groups is 1. The van der Waals surface area contributed by atoms with Crippen LogP contribution in [0.1, 0.15) is 30.0 Å². The Kier molecular flexibility index (Phi) is 7.97. The number of ether oxygens (including phenoxy) is 2. The maximum absolute atomic E-state index is 6.21. The molecule has 1 aliphatic rings. The number of nitrogens with one attached hydrogen (secondary N) is 2. The molecule has 1 fully saturated rings. The fourth-order valence-corrected chi connectivity index (χ4v) is 3.33. The van der Waals surface area contributed by atoms with E-state index < -0.39 is 0 Å². The van der Waals surface area contributed by atoms with Crippen LogP contribution in [0.15, 0.2) is 47.5 Å². The average Bonchev–Trinajstić information content (AvgIpc) is 3.24. The molecule has 2 aromatic carbocycles. The third-order valence-electron chi connectivity index (χ3n) is 5.04. The summed E-state index contributed by atoms with van der Waals surface area (Å²) >= 11 is 0. The first kappa shape index (κ1) is 22.0. The first-order chi connectivity index (χ1) is 14.5. The van der Waals surface area contributed by atoms with Crippen LogP contribution in [0.3, 0.4) is 0 Å². The van der Waals surface area contributed by atoms with E-state index in [4.69, 9.17) is 14.5 Å². The largest absolute Gasteiger partial charge is 0.488 e. The summed E-state index contributed by atoms with van der Waals surface area (Å²) in [6.07, 6.45) is 1.08. The van der Waals surface area contributed by atoms with Crippen LogP contribution in [-0.2, 0) is 17.8 Å². The zero-order chi connectivity index (χ0) is 21.3. The van der Waals surface area contributed by atoms with Crippen molar-refractivity contribution in [2.24, 2.45) is 4.99 Å². The lowest BCUT2D eigenvalue weighted by Crippen LogP contribution is -2.37. The van der Waals surface area contributed by atoms with E-state index >= 15 is 0 Å². The molecule has 6 nitrogen and oxygen atoms in total. The Morgan fingerprint density at radius 1 is 1.20 bits per heavy atom. The Labute approximate surface area is 180 Å². The van der Waals surface area contributed by atoms with E-state index in [2.05, 4.69) is 71.8 Å². The molecular formula is C24H34N4O2. The summed E-state index contributed by atoms with van der Waals surface area (Å²) in [4.78, 5) is 6.87. The summed E-state index contributed by atoms with van der Waals surface area (Å²) < 4.78 is 11.7. The predicted octanol–water partition coefficient (Wildman–Crippen LogP) is 3.48. The van der Waals surface area contributed by atoms with Gasteiger partial charge in [-0.2, -0.15) is 0 Å². The van der Waals surface area contributed by atoms with Crippen LogP contribution in [0.4, 0.5) is 5.69 Å². The van der Waals surface area contributed by atoms with Crippen molar-refractivity contribution in [3.05, 3.63) is 59.2 Å².